The molecule has 0 radical (unpaired) electrons. The topological polar surface area (TPSA) is 35.6 Å². The van der Waals surface area contributed by atoms with Crippen molar-refractivity contribution in [2.24, 2.45) is 0 Å². The Kier molecular flexibility index (Phi) is 6.09. The Labute approximate surface area is 317 Å². The van der Waals surface area contributed by atoms with Crippen molar-refractivity contribution in [3.05, 3.63) is 181 Å². The fourth-order valence-electron chi connectivity index (χ4n) is 9.56. The first-order valence-corrected chi connectivity index (χ1v) is 19.0. The fraction of sp³-hybridized carbons (Fsp3) is 0.0588. The fourth-order valence-corrected chi connectivity index (χ4v) is 9.56. The minimum absolute atomic E-state index is 0.315. The minimum atomic E-state index is -0.315. The van der Waals surface area contributed by atoms with E-state index in [9.17, 15) is 0 Å². The molecule has 0 saturated heterocycles. The quantitative estimate of drug-likeness (QED) is 0.184. The molecule has 0 amide bonds. The second-order valence-electron chi connectivity index (χ2n) is 15.4. The second kappa shape index (κ2) is 11.0. The third-order valence-electron chi connectivity index (χ3n) is 12.1. The van der Waals surface area contributed by atoms with Crippen molar-refractivity contribution in [1.29, 1.82) is 0 Å². The maximum atomic E-state index is 5.73. The summed E-state index contributed by atoms with van der Waals surface area (Å²) in [4.78, 5) is 11.3. The van der Waals surface area contributed by atoms with Gasteiger partial charge >= 0.3 is 0 Å². The van der Waals surface area contributed by atoms with Crippen molar-refractivity contribution in [1.82, 2.24) is 19.1 Å². The van der Waals surface area contributed by atoms with Crippen molar-refractivity contribution < 1.29 is 0 Å². The molecule has 0 bridgehead atoms. The van der Waals surface area contributed by atoms with Crippen molar-refractivity contribution in [3.63, 3.8) is 0 Å². The van der Waals surface area contributed by atoms with E-state index in [0.29, 0.717) is 5.95 Å². The van der Waals surface area contributed by atoms with E-state index >= 15 is 0 Å². The van der Waals surface area contributed by atoms with Crippen molar-refractivity contribution >= 4 is 65.2 Å². The molecule has 0 N–H and O–H groups in total. The molecule has 12 rings (SSSR count). The predicted octanol–water partition coefficient (Wildman–Crippen LogP) is 13.0. The summed E-state index contributed by atoms with van der Waals surface area (Å²) in [6.45, 7) is 4.65. The number of hydrogen-bond acceptors (Lipinski definition) is 2. The third kappa shape index (κ3) is 4.17. The summed E-state index contributed by atoms with van der Waals surface area (Å²) in [5.74, 6) is 0.677. The van der Waals surface area contributed by atoms with Crippen molar-refractivity contribution in [2.75, 3.05) is 0 Å². The summed E-state index contributed by atoms with van der Waals surface area (Å²) in [5.41, 5.74) is 12.0. The highest BCUT2D eigenvalue weighted by molar-refractivity contribution is 6.20. The SMILES string of the molecule is CC1(C)c2ccccc2-c2nc(-n3c4cc5ccccc5cc4c4ccc5ccccc5c43)nc(-c3ccc4c5ccccc5n(-c5ccccc5)c4c3)c21. The largest absolute Gasteiger partial charge is 0.309 e. The molecule has 1 aliphatic rings. The molecule has 3 aromatic heterocycles. The first kappa shape index (κ1) is 30.4. The first-order valence-electron chi connectivity index (χ1n) is 19.0. The molecule has 0 fully saturated rings. The highest BCUT2D eigenvalue weighted by Crippen LogP contribution is 2.52. The number of fused-ring (bicyclic) bond motifs is 12. The summed E-state index contributed by atoms with van der Waals surface area (Å²) in [6.07, 6.45) is 0. The monoisotopic (exact) mass is 702 g/mol. The Bertz CT molecular complexity index is 3400. The first-order chi connectivity index (χ1) is 27.0. The molecule has 0 aliphatic heterocycles. The average Bonchev–Trinajstić information content (AvgIpc) is 3.82. The van der Waals surface area contributed by atoms with Gasteiger partial charge in [-0.2, -0.15) is 0 Å². The molecule has 1 aliphatic carbocycles. The van der Waals surface area contributed by atoms with Crippen LogP contribution in [0.25, 0.3) is 99.3 Å². The summed E-state index contributed by atoms with van der Waals surface area (Å²) < 4.78 is 4.72. The molecule has 55 heavy (non-hydrogen) atoms. The van der Waals surface area contributed by atoms with Crippen molar-refractivity contribution in [2.45, 2.75) is 19.3 Å². The van der Waals surface area contributed by atoms with E-state index in [1.165, 1.54) is 59.7 Å². The van der Waals surface area contributed by atoms with Crippen LogP contribution in [0.3, 0.4) is 0 Å². The van der Waals surface area contributed by atoms with Crippen LogP contribution in [-0.4, -0.2) is 19.1 Å². The molecular formula is C51H34N4. The zero-order chi connectivity index (χ0) is 36.4. The van der Waals surface area contributed by atoms with E-state index in [1.807, 2.05) is 0 Å². The van der Waals surface area contributed by atoms with E-state index < -0.39 is 0 Å². The lowest BCUT2D eigenvalue weighted by Crippen LogP contribution is -2.18. The van der Waals surface area contributed by atoms with Crippen LogP contribution in [-0.2, 0) is 5.41 Å². The molecule has 0 unspecified atom stereocenters. The number of aromatic nitrogens is 4. The number of rotatable bonds is 3. The minimum Gasteiger partial charge on any atom is -0.309 e. The Hall–Kier alpha value is -7.04. The van der Waals surface area contributed by atoms with Crippen LogP contribution in [0.4, 0.5) is 0 Å². The average molecular weight is 703 g/mol. The smallest absolute Gasteiger partial charge is 0.235 e. The molecule has 4 nitrogen and oxygen atoms in total. The van der Waals surface area contributed by atoms with Gasteiger partial charge in [0.25, 0.3) is 0 Å². The van der Waals surface area contributed by atoms with Crippen LogP contribution in [0.1, 0.15) is 25.0 Å². The number of para-hydroxylation sites is 2. The molecule has 258 valence electrons. The predicted molar refractivity (Wildman–Crippen MR) is 229 cm³/mol. The Morgan fingerprint density at radius 2 is 1.07 bits per heavy atom. The summed E-state index contributed by atoms with van der Waals surface area (Å²) >= 11 is 0. The van der Waals surface area contributed by atoms with Gasteiger partial charge in [-0.25, -0.2) is 9.97 Å². The van der Waals surface area contributed by atoms with Gasteiger partial charge in [0.15, 0.2) is 0 Å². The maximum Gasteiger partial charge on any atom is 0.235 e. The van der Waals surface area contributed by atoms with E-state index in [4.69, 9.17) is 9.97 Å². The molecule has 8 aromatic carbocycles. The van der Waals surface area contributed by atoms with Gasteiger partial charge in [0.1, 0.15) is 0 Å². The van der Waals surface area contributed by atoms with E-state index in [1.54, 1.807) is 0 Å². The highest BCUT2D eigenvalue weighted by atomic mass is 15.2. The van der Waals surface area contributed by atoms with Gasteiger partial charge in [0, 0.05) is 54.7 Å². The van der Waals surface area contributed by atoms with Crippen LogP contribution >= 0.6 is 0 Å². The van der Waals surface area contributed by atoms with Crippen LogP contribution < -0.4 is 0 Å². The zero-order valence-corrected chi connectivity index (χ0v) is 30.5. The van der Waals surface area contributed by atoms with Crippen LogP contribution in [0.5, 0.6) is 0 Å². The molecule has 11 aromatic rings. The zero-order valence-electron chi connectivity index (χ0n) is 30.5. The molecule has 4 heteroatoms. The normalized spacial score (nSPS) is 13.4. The highest BCUT2D eigenvalue weighted by Gasteiger charge is 2.40. The van der Waals surface area contributed by atoms with Gasteiger partial charge in [-0.15, -0.1) is 0 Å². The lowest BCUT2D eigenvalue weighted by Gasteiger charge is -2.24. The van der Waals surface area contributed by atoms with E-state index in [-0.39, 0.29) is 5.41 Å². The molecule has 0 atom stereocenters. The van der Waals surface area contributed by atoms with Crippen molar-refractivity contribution in [3.8, 4) is 34.2 Å². The third-order valence-corrected chi connectivity index (χ3v) is 12.1. The van der Waals surface area contributed by atoms with Gasteiger partial charge in [-0.05, 0) is 58.1 Å². The molecule has 3 heterocycles. The van der Waals surface area contributed by atoms with Gasteiger partial charge in [-0.1, -0.05) is 147 Å². The van der Waals surface area contributed by atoms with Gasteiger partial charge in [0.2, 0.25) is 5.95 Å². The summed E-state index contributed by atoms with van der Waals surface area (Å²) in [6, 6.07) is 61.5. The Morgan fingerprint density at radius 3 is 1.93 bits per heavy atom. The standard InChI is InChI=1S/C51H34N4/c1-51(2)42-22-12-10-21-40(42)48-46(51)47(34-25-26-38-37-20-11-13-23-43(37)54(44(38)30-34)35-17-4-3-5-18-35)52-50(53-48)55-45-29-33-16-7-6-15-32(33)28-41(45)39-27-24-31-14-8-9-19-36(31)49(39)55/h3-30H,1-2H3. The summed E-state index contributed by atoms with van der Waals surface area (Å²) in [7, 11) is 0. The lowest BCUT2D eigenvalue weighted by molar-refractivity contribution is 0.657. The molecule has 0 spiro atoms. The van der Waals surface area contributed by atoms with Gasteiger partial charge < -0.3 is 4.57 Å². The number of nitrogens with zero attached hydrogens (tertiary/aromatic N) is 4. The molecule has 0 saturated carbocycles. The van der Waals surface area contributed by atoms with Crippen LogP contribution in [0.15, 0.2) is 170 Å². The number of hydrogen-bond donors (Lipinski definition) is 0. The Morgan fingerprint density at radius 1 is 0.436 bits per heavy atom. The second-order valence-corrected chi connectivity index (χ2v) is 15.4. The van der Waals surface area contributed by atoms with E-state index in [0.717, 1.165) is 44.8 Å². The lowest BCUT2D eigenvalue weighted by atomic mass is 9.81. The maximum absolute atomic E-state index is 5.73. The van der Waals surface area contributed by atoms with Gasteiger partial charge in [-0.3, -0.25) is 4.57 Å². The van der Waals surface area contributed by atoms with Crippen LogP contribution in [0.2, 0.25) is 0 Å². The van der Waals surface area contributed by atoms with Gasteiger partial charge in [0.05, 0.1) is 33.5 Å². The summed E-state index contributed by atoms with van der Waals surface area (Å²) in [5, 5.41) is 9.62. The van der Waals surface area contributed by atoms with E-state index in [2.05, 4.69) is 193 Å². The number of benzene rings is 8. The Balaban J connectivity index is 1.23. The van der Waals surface area contributed by atoms with Crippen LogP contribution in [0, 0.1) is 0 Å². The molecular weight excluding hydrogens is 669 g/mol.